The zero-order valence-electron chi connectivity index (χ0n) is 16.9. The highest BCUT2D eigenvalue weighted by Crippen LogP contribution is 2.20. The van der Waals surface area contributed by atoms with Crippen molar-refractivity contribution in [3.8, 4) is 0 Å². The lowest BCUT2D eigenvalue weighted by Crippen LogP contribution is -2.38. The monoisotopic (exact) mass is 417 g/mol. The lowest BCUT2D eigenvalue weighted by Gasteiger charge is -2.19. The van der Waals surface area contributed by atoms with Gasteiger partial charge in [0.2, 0.25) is 0 Å². The van der Waals surface area contributed by atoms with Crippen LogP contribution in [0.4, 0.5) is 0 Å². The Kier molecular flexibility index (Phi) is 7.96. The van der Waals surface area contributed by atoms with Gasteiger partial charge in [0.25, 0.3) is 5.91 Å². The van der Waals surface area contributed by atoms with E-state index < -0.39 is 27.8 Å². The highest BCUT2D eigenvalue weighted by Gasteiger charge is 2.25. The van der Waals surface area contributed by atoms with Crippen molar-refractivity contribution in [2.24, 2.45) is 0 Å². The predicted octanol–water partition coefficient (Wildman–Crippen LogP) is 3.34. The Morgan fingerprint density at radius 1 is 1.00 bits per heavy atom. The van der Waals surface area contributed by atoms with Gasteiger partial charge in [-0.15, -0.1) is 0 Å². The summed E-state index contributed by atoms with van der Waals surface area (Å²) in [6.45, 7) is 5.43. The lowest BCUT2D eigenvalue weighted by atomic mass is 9.96. The molecule has 2 aromatic carbocycles. The maximum Gasteiger partial charge on any atom is 0.340 e. The number of hydrogen-bond acceptors (Lipinski definition) is 5. The second-order valence-electron chi connectivity index (χ2n) is 6.71. The first kappa shape index (κ1) is 22.6. The predicted molar refractivity (Wildman–Crippen MR) is 112 cm³/mol. The molecule has 0 aliphatic heterocycles. The molecule has 6 nitrogen and oxygen atoms in total. The van der Waals surface area contributed by atoms with Crippen molar-refractivity contribution in [1.29, 1.82) is 0 Å². The number of sulfone groups is 1. The van der Waals surface area contributed by atoms with Crippen LogP contribution in [0.5, 0.6) is 0 Å². The van der Waals surface area contributed by atoms with E-state index in [4.69, 9.17) is 4.74 Å². The van der Waals surface area contributed by atoms with Crippen molar-refractivity contribution in [2.75, 3.05) is 12.3 Å². The van der Waals surface area contributed by atoms with Gasteiger partial charge < -0.3 is 10.1 Å². The minimum absolute atomic E-state index is 0.0651. The lowest BCUT2D eigenvalue weighted by molar-refractivity contribution is -0.129. The Labute approximate surface area is 172 Å². The molecule has 1 amide bonds. The molecular formula is C22H27NO5S. The molecule has 2 rings (SSSR count). The first-order valence-corrected chi connectivity index (χ1v) is 11.3. The maximum absolute atomic E-state index is 12.5. The largest absolute Gasteiger partial charge is 0.449 e. The molecule has 0 bridgehead atoms. The molecule has 1 N–H and O–H groups in total. The summed E-state index contributed by atoms with van der Waals surface area (Å²) in [7, 11) is -3.59. The molecule has 2 atom stereocenters. The zero-order chi connectivity index (χ0) is 21.4. The van der Waals surface area contributed by atoms with Crippen molar-refractivity contribution in [3.05, 3.63) is 65.7 Å². The normalized spacial score (nSPS) is 13.3. The first-order valence-electron chi connectivity index (χ1n) is 9.65. The van der Waals surface area contributed by atoms with Crippen LogP contribution in [0.25, 0.3) is 0 Å². The number of nitrogens with one attached hydrogen (secondary N) is 1. The van der Waals surface area contributed by atoms with E-state index in [-0.39, 0.29) is 22.1 Å². The van der Waals surface area contributed by atoms with Gasteiger partial charge in [0.15, 0.2) is 15.9 Å². The molecule has 0 aliphatic rings. The van der Waals surface area contributed by atoms with Gasteiger partial charge in [-0.3, -0.25) is 4.79 Å². The molecular weight excluding hydrogens is 390 g/mol. The van der Waals surface area contributed by atoms with Crippen LogP contribution in [0.15, 0.2) is 59.5 Å². The Hall–Kier alpha value is -2.67. The number of benzene rings is 2. The van der Waals surface area contributed by atoms with Crippen LogP contribution >= 0.6 is 0 Å². The molecule has 0 saturated heterocycles. The molecule has 0 radical (unpaired) electrons. The second kappa shape index (κ2) is 10.2. The molecule has 2 aromatic rings. The van der Waals surface area contributed by atoms with Gasteiger partial charge in [0.1, 0.15) is 0 Å². The van der Waals surface area contributed by atoms with E-state index in [1.54, 1.807) is 12.1 Å². The van der Waals surface area contributed by atoms with Crippen molar-refractivity contribution in [1.82, 2.24) is 5.32 Å². The van der Waals surface area contributed by atoms with Gasteiger partial charge >= 0.3 is 5.97 Å². The van der Waals surface area contributed by atoms with Crippen molar-refractivity contribution < 1.29 is 22.7 Å². The highest BCUT2D eigenvalue weighted by atomic mass is 32.2. The number of amides is 1. The van der Waals surface area contributed by atoms with Gasteiger partial charge in [-0.1, -0.05) is 56.3 Å². The van der Waals surface area contributed by atoms with E-state index in [1.165, 1.54) is 26.0 Å². The van der Waals surface area contributed by atoms with Crippen LogP contribution in [0.3, 0.4) is 0 Å². The molecule has 0 unspecified atom stereocenters. The summed E-state index contributed by atoms with van der Waals surface area (Å²) in [5, 5.41) is 2.81. The summed E-state index contributed by atoms with van der Waals surface area (Å²) in [5.41, 5.74) is 1.06. The Morgan fingerprint density at radius 3 is 2.24 bits per heavy atom. The zero-order valence-corrected chi connectivity index (χ0v) is 17.7. The van der Waals surface area contributed by atoms with Crippen LogP contribution in [0.2, 0.25) is 0 Å². The smallest absolute Gasteiger partial charge is 0.340 e. The third kappa shape index (κ3) is 5.90. The molecule has 0 aliphatic carbocycles. The summed E-state index contributed by atoms with van der Waals surface area (Å²) in [4.78, 5) is 24.8. The standard InChI is InChI=1S/C22H27NO5S/c1-4-17(18-11-7-6-8-12-18)15-23-21(24)16(3)28-22(25)19-13-9-10-14-20(19)29(26,27)5-2/h6-14,16-17H,4-5,15H2,1-3H3,(H,23,24)/t16-,17-/m0/s1. The summed E-state index contributed by atoms with van der Waals surface area (Å²) in [6.07, 6.45) is -0.200. The molecule has 156 valence electrons. The molecule has 0 fully saturated rings. The van der Waals surface area contributed by atoms with E-state index >= 15 is 0 Å². The van der Waals surface area contributed by atoms with Crippen LogP contribution in [-0.4, -0.2) is 38.7 Å². The third-order valence-electron chi connectivity index (χ3n) is 4.76. The number of rotatable bonds is 9. The number of carbonyl (C=O) groups is 2. The van der Waals surface area contributed by atoms with E-state index in [9.17, 15) is 18.0 Å². The quantitative estimate of drug-likeness (QED) is 0.632. The van der Waals surface area contributed by atoms with Crippen molar-refractivity contribution in [2.45, 2.75) is 44.1 Å². The van der Waals surface area contributed by atoms with E-state index in [1.807, 2.05) is 37.3 Å². The molecule has 29 heavy (non-hydrogen) atoms. The van der Waals surface area contributed by atoms with E-state index in [2.05, 4.69) is 5.32 Å². The fraction of sp³-hybridized carbons (Fsp3) is 0.364. The van der Waals surface area contributed by atoms with Gasteiger partial charge in [0.05, 0.1) is 16.2 Å². The van der Waals surface area contributed by atoms with Crippen LogP contribution in [0.1, 0.15) is 49.0 Å². The highest BCUT2D eigenvalue weighted by molar-refractivity contribution is 7.91. The van der Waals surface area contributed by atoms with E-state index in [0.29, 0.717) is 6.54 Å². The van der Waals surface area contributed by atoms with Gasteiger partial charge in [0, 0.05) is 12.5 Å². The van der Waals surface area contributed by atoms with Gasteiger partial charge in [-0.05, 0) is 31.0 Å². The topological polar surface area (TPSA) is 89.5 Å². The van der Waals surface area contributed by atoms with Crippen LogP contribution in [-0.2, 0) is 19.4 Å². The second-order valence-corrected chi connectivity index (χ2v) is 8.95. The maximum atomic E-state index is 12.5. The Balaban J connectivity index is 2.02. The Bertz CT molecular complexity index is 941. The minimum Gasteiger partial charge on any atom is -0.449 e. The minimum atomic E-state index is -3.59. The molecule has 0 saturated carbocycles. The summed E-state index contributed by atoms with van der Waals surface area (Å²) < 4.78 is 29.6. The number of carbonyl (C=O) groups excluding carboxylic acids is 2. The van der Waals surface area contributed by atoms with Gasteiger partial charge in [-0.2, -0.15) is 0 Å². The molecule has 0 spiro atoms. The average molecular weight is 418 g/mol. The van der Waals surface area contributed by atoms with E-state index in [0.717, 1.165) is 12.0 Å². The first-order chi connectivity index (χ1) is 13.8. The van der Waals surface area contributed by atoms with Crippen molar-refractivity contribution in [3.63, 3.8) is 0 Å². The number of hydrogen-bond donors (Lipinski definition) is 1. The molecule has 0 heterocycles. The van der Waals surface area contributed by atoms with Crippen LogP contribution < -0.4 is 5.32 Å². The summed E-state index contributed by atoms with van der Waals surface area (Å²) in [5.74, 6) is -1.25. The fourth-order valence-corrected chi connectivity index (χ4v) is 4.01. The number of esters is 1. The fourth-order valence-electron chi connectivity index (χ4n) is 2.93. The molecule has 7 heteroatoms. The Morgan fingerprint density at radius 2 is 1.62 bits per heavy atom. The van der Waals surface area contributed by atoms with Gasteiger partial charge in [-0.25, -0.2) is 13.2 Å². The molecule has 0 aromatic heterocycles. The SMILES string of the molecule is CC[C@@H](CNC(=O)[C@H](C)OC(=O)c1ccccc1S(=O)(=O)CC)c1ccccc1. The number of ether oxygens (including phenoxy) is 1. The average Bonchev–Trinajstić information content (AvgIpc) is 2.74. The van der Waals surface area contributed by atoms with Crippen LogP contribution in [0, 0.1) is 0 Å². The summed E-state index contributed by atoms with van der Waals surface area (Å²) in [6, 6.07) is 15.7. The van der Waals surface area contributed by atoms with Crippen molar-refractivity contribution >= 4 is 21.7 Å². The third-order valence-corrected chi connectivity index (χ3v) is 6.55. The summed E-state index contributed by atoms with van der Waals surface area (Å²) >= 11 is 0.